The summed E-state index contributed by atoms with van der Waals surface area (Å²) in [6.45, 7) is 4.16. The number of aromatic nitrogens is 7. The number of hydrogen-bond acceptors (Lipinski definition) is 8. The van der Waals surface area contributed by atoms with Crippen LogP contribution in [0.25, 0.3) is 17.3 Å². The number of nitrogens with one attached hydrogen (secondary N) is 1. The lowest BCUT2D eigenvalue weighted by atomic mass is 10.1. The van der Waals surface area contributed by atoms with Crippen molar-refractivity contribution in [3.63, 3.8) is 0 Å². The van der Waals surface area contributed by atoms with E-state index in [-0.39, 0.29) is 17.6 Å². The Bertz CT molecular complexity index is 1090. The molecule has 0 unspecified atom stereocenters. The van der Waals surface area contributed by atoms with Gasteiger partial charge in [0.05, 0.1) is 11.9 Å². The number of nitrogens with zero attached hydrogens (tertiary/aromatic N) is 7. The average molecular weight is 392 g/mol. The van der Waals surface area contributed by atoms with E-state index in [9.17, 15) is 4.79 Å². The van der Waals surface area contributed by atoms with E-state index in [0.717, 1.165) is 16.3 Å². The van der Waals surface area contributed by atoms with Crippen LogP contribution in [0.15, 0.2) is 49.1 Å². The molecule has 0 aromatic carbocycles. The number of pyridine rings is 1. The Morgan fingerprint density at radius 1 is 1.11 bits per heavy atom. The van der Waals surface area contributed by atoms with Gasteiger partial charge in [0.2, 0.25) is 0 Å². The predicted molar refractivity (Wildman–Crippen MR) is 104 cm³/mol. The summed E-state index contributed by atoms with van der Waals surface area (Å²) in [6, 6.07) is 7.35. The average Bonchev–Trinajstić information content (AvgIpc) is 3.37. The van der Waals surface area contributed by atoms with Crippen LogP contribution in [-0.4, -0.2) is 40.8 Å². The van der Waals surface area contributed by atoms with E-state index in [1.807, 2.05) is 18.2 Å². The maximum Gasteiger partial charge on any atom is 0.277 e. The molecule has 1 N–H and O–H groups in total. The third-order valence-corrected chi connectivity index (χ3v) is 5.10. The van der Waals surface area contributed by atoms with Gasteiger partial charge in [0.1, 0.15) is 5.69 Å². The maximum atomic E-state index is 12.8. The van der Waals surface area contributed by atoms with E-state index < -0.39 is 5.91 Å². The van der Waals surface area contributed by atoms with Crippen LogP contribution in [0.2, 0.25) is 0 Å². The summed E-state index contributed by atoms with van der Waals surface area (Å²) >= 11 is 1.43. The van der Waals surface area contributed by atoms with E-state index in [1.54, 1.807) is 24.7 Å². The van der Waals surface area contributed by atoms with Gasteiger partial charge in [0.25, 0.3) is 11.9 Å². The molecule has 4 aromatic heterocycles. The van der Waals surface area contributed by atoms with Crippen LogP contribution < -0.4 is 5.32 Å². The monoisotopic (exact) mass is 392 g/mol. The Morgan fingerprint density at radius 3 is 2.61 bits per heavy atom. The zero-order chi connectivity index (χ0) is 19.5. The van der Waals surface area contributed by atoms with Gasteiger partial charge in [-0.15, -0.1) is 16.4 Å². The molecule has 28 heavy (non-hydrogen) atoms. The van der Waals surface area contributed by atoms with Crippen molar-refractivity contribution in [1.82, 2.24) is 34.9 Å². The molecule has 4 aromatic rings. The number of carbonyl (C=O) groups excluding carboxylic acids is 1. The Balaban J connectivity index is 1.64. The van der Waals surface area contributed by atoms with Crippen molar-refractivity contribution in [3.8, 4) is 17.3 Å². The van der Waals surface area contributed by atoms with Gasteiger partial charge in [0.15, 0.2) is 10.8 Å². The van der Waals surface area contributed by atoms with Gasteiger partial charge in [-0.25, -0.2) is 15.0 Å². The molecular weight excluding hydrogens is 376 g/mol. The van der Waals surface area contributed by atoms with Crippen LogP contribution in [0.1, 0.15) is 35.1 Å². The van der Waals surface area contributed by atoms with Crippen LogP contribution in [-0.2, 0) is 0 Å². The van der Waals surface area contributed by atoms with E-state index in [4.69, 9.17) is 0 Å². The van der Waals surface area contributed by atoms with Crippen LogP contribution in [0.4, 0.5) is 5.13 Å². The summed E-state index contributed by atoms with van der Waals surface area (Å²) in [7, 11) is 0. The minimum Gasteiger partial charge on any atom is -0.296 e. The van der Waals surface area contributed by atoms with Crippen molar-refractivity contribution >= 4 is 22.4 Å². The van der Waals surface area contributed by atoms with E-state index in [2.05, 4.69) is 49.4 Å². The molecule has 4 rings (SSSR count). The molecule has 0 bridgehead atoms. The summed E-state index contributed by atoms with van der Waals surface area (Å²) < 4.78 is 1.28. The first-order valence-corrected chi connectivity index (χ1v) is 9.36. The third-order valence-electron chi connectivity index (χ3n) is 3.83. The van der Waals surface area contributed by atoms with Crippen molar-refractivity contribution in [1.29, 1.82) is 0 Å². The molecular formula is C18H16N8OS. The fourth-order valence-electron chi connectivity index (χ4n) is 2.56. The van der Waals surface area contributed by atoms with Crippen molar-refractivity contribution < 1.29 is 4.79 Å². The Hall–Kier alpha value is -3.53. The zero-order valence-electron chi connectivity index (χ0n) is 15.1. The molecule has 0 atom stereocenters. The van der Waals surface area contributed by atoms with Gasteiger partial charge >= 0.3 is 0 Å². The lowest BCUT2D eigenvalue weighted by Crippen LogP contribution is -2.18. The van der Waals surface area contributed by atoms with Gasteiger partial charge in [0, 0.05) is 23.5 Å². The SMILES string of the molecule is CC(C)c1sc(NC(=O)c2cnnn2-c2ncccn2)nc1-c1ccccn1. The fourth-order valence-corrected chi connectivity index (χ4v) is 3.53. The van der Waals surface area contributed by atoms with Gasteiger partial charge in [-0.3, -0.25) is 15.1 Å². The first-order chi connectivity index (χ1) is 13.6. The standard InChI is InChI=1S/C18H16N8OS/c1-11(2)15-14(12-6-3-4-7-19-12)23-18(28-15)24-16(27)13-10-22-25-26(13)17-20-8-5-9-21-17/h3-11H,1-2H3,(H,23,24,27). The van der Waals surface area contributed by atoms with Gasteiger partial charge in [-0.2, -0.15) is 4.68 Å². The molecule has 0 aliphatic heterocycles. The van der Waals surface area contributed by atoms with E-state index in [1.165, 1.54) is 22.2 Å². The molecule has 140 valence electrons. The quantitative estimate of drug-likeness (QED) is 0.556. The lowest BCUT2D eigenvalue weighted by Gasteiger charge is -2.03. The Labute approximate surface area is 164 Å². The highest BCUT2D eigenvalue weighted by Gasteiger charge is 2.21. The summed E-state index contributed by atoms with van der Waals surface area (Å²) in [5, 5.41) is 11.0. The van der Waals surface area contributed by atoms with Crippen LogP contribution in [0.5, 0.6) is 0 Å². The van der Waals surface area contributed by atoms with Gasteiger partial charge in [-0.05, 0) is 24.1 Å². The minimum atomic E-state index is -0.394. The first kappa shape index (κ1) is 17.9. The molecule has 0 aliphatic carbocycles. The highest BCUT2D eigenvalue weighted by atomic mass is 32.1. The molecule has 0 radical (unpaired) electrons. The van der Waals surface area contributed by atoms with Crippen molar-refractivity contribution in [2.45, 2.75) is 19.8 Å². The summed E-state index contributed by atoms with van der Waals surface area (Å²) in [6.07, 6.45) is 6.23. The number of hydrogen-bond donors (Lipinski definition) is 1. The zero-order valence-corrected chi connectivity index (χ0v) is 16.0. The van der Waals surface area contributed by atoms with E-state index in [0.29, 0.717) is 5.13 Å². The van der Waals surface area contributed by atoms with Crippen LogP contribution >= 0.6 is 11.3 Å². The van der Waals surface area contributed by atoms with Crippen LogP contribution in [0.3, 0.4) is 0 Å². The molecule has 0 aliphatic rings. The summed E-state index contributed by atoms with van der Waals surface area (Å²) in [4.78, 5) is 31.0. The number of carbonyl (C=O) groups is 1. The lowest BCUT2D eigenvalue weighted by molar-refractivity contribution is 0.101. The first-order valence-electron chi connectivity index (χ1n) is 8.55. The van der Waals surface area contributed by atoms with Gasteiger partial charge < -0.3 is 0 Å². The van der Waals surface area contributed by atoms with E-state index >= 15 is 0 Å². The number of amides is 1. The van der Waals surface area contributed by atoms with Crippen molar-refractivity contribution in [3.05, 3.63) is 59.6 Å². The number of thiazole rings is 1. The normalized spacial score (nSPS) is 11.0. The number of anilines is 1. The highest BCUT2D eigenvalue weighted by molar-refractivity contribution is 7.16. The molecule has 9 nitrogen and oxygen atoms in total. The summed E-state index contributed by atoms with van der Waals surface area (Å²) in [5.41, 5.74) is 1.76. The summed E-state index contributed by atoms with van der Waals surface area (Å²) in [5.74, 6) is 0.112. The topological polar surface area (TPSA) is 111 Å². The molecule has 0 fully saturated rings. The highest BCUT2D eigenvalue weighted by Crippen LogP contribution is 2.35. The molecule has 0 spiro atoms. The van der Waals surface area contributed by atoms with Crippen LogP contribution in [0, 0.1) is 0 Å². The molecule has 0 saturated heterocycles. The van der Waals surface area contributed by atoms with Crippen molar-refractivity contribution in [2.24, 2.45) is 0 Å². The molecule has 4 heterocycles. The fraction of sp³-hybridized carbons (Fsp3) is 0.167. The second kappa shape index (κ2) is 7.61. The molecule has 0 saturated carbocycles. The maximum absolute atomic E-state index is 12.8. The third kappa shape index (κ3) is 3.49. The largest absolute Gasteiger partial charge is 0.296 e. The second-order valence-corrected chi connectivity index (χ2v) is 7.17. The Kier molecular flexibility index (Phi) is 4.85. The van der Waals surface area contributed by atoms with Gasteiger partial charge in [-0.1, -0.05) is 25.1 Å². The second-order valence-electron chi connectivity index (χ2n) is 6.14. The molecule has 10 heteroatoms. The smallest absolute Gasteiger partial charge is 0.277 e. The molecule has 1 amide bonds. The Morgan fingerprint density at radius 2 is 1.89 bits per heavy atom. The predicted octanol–water partition coefficient (Wildman–Crippen LogP) is 2.95. The van der Waals surface area contributed by atoms with Crippen molar-refractivity contribution in [2.75, 3.05) is 5.32 Å². The number of rotatable bonds is 5. The minimum absolute atomic E-state index is 0.215.